The monoisotopic (exact) mass is 242 g/mol. The third-order valence-corrected chi connectivity index (χ3v) is 2.50. The number of carboxylic acid groups (broad SMARTS) is 1. The number of benzene rings is 1. The highest BCUT2D eigenvalue weighted by atomic mass is 35.5. The van der Waals surface area contributed by atoms with Crippen LogP contribution in [-0.4, -0.2) is 11.1 Å². The van der Waals surface area contributed by atoms with Crippen molar-refractivity contribution in [1.29, 1.82) is 0 Å². The van der Waals surface area contributed by atoms with Gasteiger partial charge in [-0.2, -0.15) is 0 Å². The van der Waals surface area contributed by atoms with Crippen molar-refractivity contribution >= 4 is 23.1 Å². The van der Waals surface area contributed by atoms with Crippen LogP contribution < -0.4 is 0 Å². The fraction of sp³-hybridized carbons (Fsp3) is 0.250. The molecule has 1 N–H and O–H groups in total. The molecule has 16 heavy (non-hydrogen) atoms. The average Bonchev–Trinajstić information content (AvgIpc) is 2.22. The number of rotatable bonds is 4. The van der Waals surface area contributed by atoms with Crippen LogP contribution in [-0.2, 0) is 4.79 Å². The second-order valence-corrected chi connectivity index (χ2v) is 3.68. The van der Waals surface area contributed by atoms with Gasteiger partial charge in [-0.15, -0.1) is 0 Å². The summed E-state index contributed by atoms with van der Waals surface area (Å²) in [7, 11) is 0. The normalized spacial score (nSPS) is 11.6. The van der Waals surface area contributed by atoms with E-state index in [1.165, 1.54) is 18.2 Å². The molecule has 1 aromatic rings. The molecule has 0 amide bonds. The molecule has 0 aromatic heterocycles. The molecule has 0 aliphatic carbocycles. The van der Waals surface area contributed by atoms with Gasteiger partial charge in [0.25, 0.3) is 0 Å². The summed E-state index contributed by atoms with van der Waals surface area (Å²) in [5, 5.41) is 8.88. The lowest BCUT2D eigenvalue weighted by Gasteiger charge is -2.08. The first-order valence-corrected chi connectivity index (χ1v) is 5.29. The maximum Gasteiger partial charge on any atom is 0.307 e. The van der Waals surface area contributed by atoms with E-state index in [2.05, 4.69) is 0 Å². The average molecular weight is 243 g/mol. The molecule has 0 atom stereocenters. The second kappa shape index (κ2) is 5.66. The summed E-state index contributed by atoms with van der Waals surface area (Å²) in [4.78, 5) is 10.4. The summed E-state index contributed by atoms with van der Waals surface area (Å²) in [6.07, 6.45) is 1.90. The molecule has 0 radical (unpaired) electrons. The van der Waals surface area contributed by atoms with Gasteiger partial charge in [0, 0.05) is 5.56 Å². The Bertz CT molecular complexity index is 407. The molecule has 86 valence electrons. The van der Waals surface area contributed by atoms with Crippen molar-refractivity contribution in [2.45, 2.75) is 19.8 Å². The van der Waals surface area contributed by atoms with Gasteiger partial charge in [0.2, 0.25) is 0 Å². The molecule has 0 bridgehead atoms. The Balaban J connectivity index is 3.13. The molecule has 1 aromatic carbocycles. The fourth-order valence-electron chi connectivity index (χ4n) is 1.44. The first-order chi connectivity index (χ1) is 7.56. The number of carbonyl (C=O) groups is 1. The molecule has 0 heterocycles. The van der Waals surface area contributed by atoms with E-state index in [-0.39, 0.29) is 6.42 Å². The van der Waals surface area contributed by atoms with Crippen LogP contribution in [0.15, 0.2) is 24.3 Å². The molecule has 1 rings (SSSR count). The molecule has 2 nitrogen and oxygen atoms in total. The van der Waals surface area contributed by atoms with E-state index in [1.807, 2.05) is 6.92 Å². The van der Waals surface area contributed by atoms with Crippen LogP contribution >= 0.6 is 11.6 Å². The molecule has 0 aliphatic rings. The first kappa shape index (κ1) is 12.7. The van der Waals surface area contributed by atoms with E-state index in [0.29, 0.717) is 22.6 Å². The predicted molar refractivity (Wildman–Crippen MR) is 61.9 cm³/mol. The number of carboxylic acids is 1. The van der Waals surface area contributed by atoms with Gasteiger partial charge in [-0.05, 0) is 24.1 Å². The smallest absolute Gasteiger partial charge is 0.307 e. The van der Waals surface area contributed by atoms with E-state index >= 15 is 0 Å². The summed E-state index contributed by atoms with van der Waals surface area (Å²) in [6, 6.07) is 4.42. The second-order valence-electron chi connectivity index (χ2n) is 3.28. The zero-order valence-electron chi connectivity index (χ0n) is 8.84. The number of aliphatic carboxylic acids is 1. The lowest BCUT2D eigenvalue weighted by molar-refractivity contribution is -0.135. The zero-order chi connectivity index (χ0) is 12.1. The van der Waals surface area contributed by atoms with Crippen LogP contribution in [0.5, 0.6) is 0 Å². The summed E-state index contributed by atoms with van der Waals surface area (Å²) in [6.45, 7) is 1.83. The standard InChI is InChI=1S/C12H12ClFO2/c1-2-8(6-7-11(15)16)12-9(13)4-3-5-10(12)14/h3-6H,2,7H2,1H3,(H,15,16)/b8-6+. The minimum atomic E-state index is -0.946. The van der Waals surface area contributed by atoms with Crippen molar-refractivity contribution in [3.8, 4) is 0 Å². The van der Waals surface area contributed by atoms with Crippen molar-refractivity contribution in [3.05, 3.63) is 40.7 Å². The minimum Gasteiger partial charge on any atom is -0.481 e. The highest BCUT2D eigenvalue weighted by Gasteiger charge is 2.10. The van der Waals surface area contributed by atoms with Crippen LogP contribution in [0.1, 0.15) is 25.3 Å². The van der Waals surface area contributed by atoms with E-state index < -0.39 is 11.8 Å². The Labute approximate surface area is 98.4 Å². The highest BCUT2D eigenvalue weighted by Crippen LogP contribution is 2.28. The number of allylic oxidation sites excluding steroid dienone is 1. The van der Waals surface area contributed by atoms with Crippen molar-refractivity contribution in [2.75, 3.05) is 0 Å². The summed E-state index contributed by atoms with van der Waals surface area (Å²) in [5.41, 5.74) is 0.915. The Hall–Kier alpha value is -1.35. The van der Waals surface area contributed by atoms with Crippen LogP contribution in [0, 0.1) is 5.82 Å². The molecular formula is C12H12ClFO2. The number of halogens is 2. The van der Waals surface area contributed by atoms with Crippen LogP contribution in [0.3, 0.4) is 0 Å². The SMILES string of the molecule is CC/C(=C\CC(=O)O)c1c(F)cccc1Cl. The molecule has 0 fully saturated rings. The van der Waals surface area contributed by atoms with Gasteiger partial charge in [-0.1, -0.05) is 30.7 Å². The molecule has 4 heteroatoms. The lowest BCUT2D eigenvalue weighted by Crippen LogP contribution is -1.95. The van der Waals surface area contributed by atoms with Crippen molar-refractivity contribution in [1.82, 2.24) is 0 Å². The maximum atomic E-state index is 13.5. The Morgan fingerprint density at radius 3 is 2.75 bits per heavy atom. The van der Waals surface area contributed by atoms with Gasteiger partial charge < -0.3 is 5.11 Å². The summed E-state index contributed by atoms with van der Waals surface area (Å²) in [5.74, 6) is -1.37. The van der Waals surface area contributed by atoms with Gasteiger partial charge in [-0.3, -0.25) is 4.79 Å². The Kier molecular flexibility index (Phi) is 4.50. The molecule has 0 saturated carbocycles. The Morgan fingerprint density at radius 2 is 2.25 bits per heavy atom. The van der Waals surface area contributed by atoms with Crippen molar-refractivity contribution in [3.63, 3.8) is 0 Å². The van der Waals surface area contributed by atoms with Crippen LogP contribution in [0.4, 0.5) is 4.39 Å². The lowest BCUT2D eigenvalue weighted by atomic mass is 10.0. The summed E-state index contributed by atoms with van der Waals surface area (Å²) < 4.78 is 13.5. The van der Waals surface area contributed by atoms with E-state index in [9.17, 15) is 9.18 Å². The molecule has 0 spiro atoms. The topological polar surface area (TPSA) is 37.3 Å². The van der Waals surface area contributed by atoms with Crippen LogP contribution in [0.25, 0.3) is 5.57 Å². The predicted octanol–water partition coefficient (Wildman–Crippen LogP) is 3.75. The van der Waals surface area contributed by atoms with Gasteiger partial charge in [0.1, 0.15) is 5.82 Å². The summed E-state index contributed by atoms with van der Waals surface area (Å²) >= 11 is 5.89. The van der Waals surface area contributed by atoms with Crippen molar-refractivity contribution in [2.24, 2.45) is 0 Å². The molecule has 0 saturated heterocycles. The van der Waals surface area contributed by atoms with Gasteiger partial charge in [0.05, 0.1) is 11.4 Å². The van der Waals surface area contributed by atoms with Gasteiger partial charge >= 0.3 is 5.97 Å². The van der Waals surface area contributed by atoms with Gasteiger partial charge in [0.15, 0.2) is 0 Å². The Morgan fingerprint density at radius 1 is 1.56 bits per heavy atom. The molecule has 0 aliphatic heterocycles. The van der Waals surface area contributed by atoms with Crippen molar-refractivity contribution < 1.29 is 14.3 Å². The van der Waals surface area contributed by atoms with E-state index in [1.54, 1.807) is 6.07 Å². The quantitative estimate of drug-likeness (QED) is 0.873. The first-order valence-electron chi connectivity index (χ1n) is 4.91. The molecular weight excluding hydrogens is 231 g/mol. The third-order valence-electron chi connectivity index (χ3n) is 2.19. The minimum absolute atomic E-state index is 0.131. The van der Waals surface area contributed by atoms with Gasteiger partial charge in [-0.25, -0.2) is 4.39 Å². The zero-order valence-corrected chi connectivity index (χ0v) is 9.59. The largest absolute Gasteiger partial charge is 0.481 e. The van der Waals surface area contributed by atoms with E-state index in [4.69, 9.17) is 16.7 Å². The number of hydrogen-bond donors (Lipinski definition) is 1. The van der Waals surface area contributed by atoms with E-state index in [0.717, 1.165) is 0 Å². The molecule has 0 unspecified atom stereocenters. The highest BCUT2D eigenvalue weighted by molar-refractivity contribution is 6.32. The maximum absolute atomic E-state index is 13.5. The third kappa shape index (κ3) is 3.07. The van der Waals surface area contributed by atoms with Crippen LogP contribution in [0.2, 0.25) is 5.02 Å². The fourth-order valence-corrected chi connectivity index (χ4v) is 1.72. The number of hydrogen-bond acceptors (Lipinski definition) is 1.